The molecular weight excluding hydrogens is 480 g/mol. The summed E-state index contributed by atoms with van der Waals surface area (Å²) in [5.74, 6) is -3.69. The van der Waals surface area contributed by atoms with Crippen LogP contribution in [0.15, 0.2) is 31.0 Å². The van der Waals surface area contributed by atoms with Crippen LogP contribution in [0.1, 0.15) is 39.4 Å². The van der Waals surface area contributed by atoms with Gasteiger partial charge in [-0.1, -0.05) is 6.58 Å². The van der Waals surface area contributed by atoms with Crippen molar-refractivity contribution in [1.29, 1.82) is 0 Å². The first-order chi connectivity index (χ1) is 17.0. The lowest BCUT2D eigenvalue weighted by Crippen LogP contribution is -2.36. The molecule has 1 amide bonds. The van der Waals surface area contributed by atoms with Crippen molar-refractivity contribution in [2.24, 2.45) is 21.1 Å². The Labute approximate surface area is 202 Å². The number of carbonyl (C=O) groups is 1. The maximum atomic E-state index is 14.2. The van der Waals surface area contributed by atoms with Crippen LogP contribution in [0.4, 0.5) is 17.6 Å². The average Bonchev–Trinajstić information content (AvgIpc) is 3.51. The summed E-state index contributed by atoms with van der Waals surface area (Å²) in [6.45, 7) is 3.60. The van der Waals surface area contributed by atoms with Crippen molar-refractivity contribution >= 4 is 16.9 Å². The van der Waals surface area contributed by atoms with E-state index >= 15 is 0 Å². The van der Waals surface area contributed by atoms with Gasteiger partial charge in [0.2, 0.25) is 0 Å². The molecule has 0 fully saturated rings. The summed E-state index contributed by atoms with van der Waals surface area (Å²) < 4.78 is 59.4. The highest BCUT2D eigenvalue weighted by molar-refractivity contribution is 6.05. The zero-order valence-electron chi connectivity index (χ0n) is 19.7. The van der Waals surface area contributed by atoms with Crippen LogP contribution in [0, 0.1) is 0 Å². The number of rotatable bonds is 5. The molecule has 4 aromatic rings. The number of aromatic nitrogens is 7. The van der Waals surface area contributed by atoms with Crippen LogP contribution >= 0.6 is 0 Å². The Morgan fingerprint density at radius 2 is 1.89 bits per heavy atom. The van der Waals surface area contributed by atoms with E-state index in [1.807, 2.05) is 0 Å². The second kappa shape index (κ2) is 8.28. The summed E-state index contributed by atoms with van der Waals surface area (Å²) >= 11 is 0. The van der Waals surface area contributed by atoms with Gasteiger partial charge in [0.05, 0.1) is 35.1 Å². The largest absolute Gasteiger partial charge is 0.332 e. The molecule has 0 saturated heterocycles. The monoisotopic (exact) mass is 502 g/mol. The number of hydrogen-bond donors (Lipinski definition) is 0. The standard InChI is InChI=1S/C23H22F4N8O/c1-5-23(26,27)18-9-15(30-32(18)2)19-12-6-7-35(11-17(12)31-33(19)3)22(36)13-8-16(20(24)25)29-21-14(13)10-28-34(21)4/h5,8-10,20H,1,6-7,11H2,2-4H3. The minimum atomic E-state index is -3.25. The first-order valence-electron chi connectivity index (χ1n) is 11.0. The Balaban J connectivity index is 1.49. The lowest BCUT2D eigenvalue weighted by Gasteiger charge is -2.27. The summed E-state index contributed by atoms with van der Waals surface area (Å²) in [5.41, 5.74) is 1.76. The van der Waals surface area contributed by atoms with E-state index in [1.165, 1.54) is 28.9 Å². The molecule has 4 aromatic heterocycles. The van der Waals surface area contributed by atoms with Gasteiger partial charge in [0.15, 0.2) is 5.65 Å². The van der Waals surface area contributed by atoms with Gasteiger partial charge in [0, 0.05) is 33.3 Å². The fraction of sp³-hybridized carbons (Fsp3) is 0.348. The van der Waals surface area contributed by atoms with Gasteiger partial charge in [-0.2, -0.15) is 24.1 Å². The van der Waals surface area contributed by atoms with Crippen molar-refractivity contribution in [2.75, 3.05) is 6.54 Å². The molecule has 0 N–H and O–H groups in total. The maximum Gasteiger partial charge on any atom is 0.307 e. The molecule has 1 aliphatic rings. The van der Waals surface area contributed by atoms with E-state index in [0.29, 0.717) is 35.0 Å². The zero-order valence-corrected chi connectivity index (χ0v) is 19.7. The lowest BCUT2D eigenvalue weighted by atomic mass is 10.0. The van der Waals surface area contributed by atoms with Gasteiger partial charge in [0.1, 0.15) is 17.1 Å². The van der Waals surface area contributed by atoms with Crippen LogP contribution in [-0.4, -0.2) is 51.7 Å². The number of fused-ring (bicyclic) bond motifs is 2. The van der Waals surface area contributed by atoms with Crippen LogP contribution in [0.25, 0.3) is 22.4 Å². The second-order valence-electron chi connectivity index (χ2n) is 8.64. The Morgan fingerprint density at radius 1 is 1.14 bits per heavy atom. The van der Waals surface area contributed by atoms with Crippen molar-refractivity contribution in [2.45, 2.75) is 25.3 Å². The molecule has 36 heavy (non-hydrogen) atoms. The highest BCUT2D eigenvalue weighted by Crippen LogP contribution is 2.35. The van der Waals surface area contributed by atoms with Crippen LogP contribution in [0.5, 0.6) is 0 Å². The lowest BCUT2D eigenvalue weighted by molar-refractivity contribution is 0.0433. The summed E-state index contributed by atoms with van der Waals surface area (Å²) in [6.07, 6.45) is -0.472. The van der Waals surface area contributed by atoms with Crippen molar-refractivity contribution in [1.82, 2.24) is 39.2 Å². The molecule has 0 saturated carbocycles. The molecule has 0 radical (unpaired) electrons. The summed E-state index contributed by atoms with van der Waals surface area (Å²) in [7, 11) is 4.67. The first kappa shape index (κ1) is 23.7. The smallest absolute Gasteiger partial charge is 0.307 e. The van der Waals surface area contributed by atoms with E-state index in [9.17, 15) is 22.4 Å². The molecule has 5 rings (SSSR count). The number of amides is 1. The van der Waals surface area contributed by atoms with Crippen molar-refractivity contribution in [3.8, 4) is 11.4 Å². The third kappa shape index (κ3) is 3.65. The van der Waals surface area contributed by atoms with Gasteiger partial charge >= 0.3 is 5.92 Å². The number of allylic oxidation sites excluding steroid dienone is 1. The van der Waals surface area contributed by atoms with E-state index in [1.54, 1.807) is 18.8 Å². The van der Waals surface area contributed by atoms with Crippen LogP contribution in [-0.2, 0) is 40.0 Å². The maximum absolute atomic E-state index is 14.2. The number of nitrogens with zero attached hydrogens (tertiary/aromatic N) is 8. The molecule has 0 spiro atoms. The predicted molar refractivity (Wildman–Crippen MR) is 121 cm³/mol. The van der Waals surface area contributed by atoms with E-state index in [2.05, 4.69) is 26.9 Å². The summed E-state index contributed by atoms with van der Waals surface area (Å²) in [4.78, 5) is 18.9. The topological polar surface area (TPSA) is 86.7 Å². The average molecular weight is 502 g/mol. The molecule has 0 aliphatic carbocycles. The molecule has 0 unspecified atom stereocenters. The Kier molecular flexibility index (Phi) is 5.45. The zero-order chi connectivity index (χ0) is 25.9. The molecular formula is C23H22F4N8O. The highest BCUT2D eigenvalue weighted by Gasteiger charge is 2.34. The molecule has 188 valence electrons. The molecule has 5 heterocycles. The molecule has 0 atom stereocenters. The van der Waals surface area contributed by atoms with E-state index in [-0.39, 0.29) is 30.0 Å². The van der Waals surface area contributed by atoms with Gasteiger partial charge < -0.3 is 4.90 Å². The number of carbonyl (C=O) groups excluding carboxylic acids is 1. The van der Waals surface area contributed by atoms with Crippen molar-refractivity contribution < 1.29 is 22.4 Å². The molecule has 0 aromatic carbocycles. The molecule has 9 nitrogen and oxygen atoms in total. The fourth-order valence-electron chi connectivity index (χ4n) is 4.61. The SMILES string of the molecule is C=CC(F)(F)c1cc(-c2c3c(nn2C)CN(C(=O)c2cc(C(F)F)nc4c2cnn4C)CC3)nn1C. The number of halogens is 4. The van der Waals surface area contributed by atoms with Gasteiger partial charge in [-0.15, -0.1) is 0 Å². The van der Waals surface area contributed by atoms with Gasteiger partial charge in [-0.05, 0) is 24.6 Å². The Hall–Kier alpha value is -4.03. The Morgan fingerprint density at radius 3 is 2.58 bits per heavy atom. The number of hydrogen-bond acceptors (Lipinski definition) is 5. The van der Waals surface area contributed by atoms with Crippen LogP contribution < -0.4 is 0 Å². The van der Waals surface area contributed by atoms with Gasteiger partial charge in [0.25, 0.3) is 12.3 Å². The Bertz CT molecular complexity index is 1520. The van der Waals surface area contributed by atoms with E-state index in [4.69, 9.17) is 0 Å². The predicted octanol–water partition coefficient (Wildman–Crippen LogP) is 3.52. The molecule has 13 heteroatoms. The molecule has 0 bridgehead atoms. The van der Waals surface area contributed by atoms with Gasteiger partial charge in [-0.3, -0.25) is 18.8 Å². The third-order valence-corrected chi connectivity index (χ3v) is 6.39. The number of aryl methyl sites for hydroxylation is 3. The fourth-order valence-corrected chi connectivity index (χ4v) is 4.61. The van der Waals surface area contributed by atoms with E-state index < -0.39 is 23.9 Å². The van der Waals surface area contributed by atoms with Crippen molar-refractivity contribution in [3.63, 3.8) is 0 Å². The summed E-state index contributed by atoms with van der Waals surface area (Å²) in [6, 6.07) is 2.41. The van der Waals surface area contributed by atoms with E-state index in [0.717, 1.165) is 16.3 Å². The normalized spacial score (nSPS) is 14.1. The second-order valence-corrected chi connectivity index (χ2v) is 8.64. The quantitative estimate of drug-likeness (QED) is 0.308. The number of pyridine rings is 1. The minimum Gasteiger partial charge on any atom is -0.332 e. The molecule has 1 aliphatic heterocycles. The third-order valence-electron chi connectivity index (χ3n) is 6.39. The van der Waals surface area contributed by atoms with Crippen LogP contribution in [0.2, 0.25) is 0 Å². The number of alkyl halides is 4. The minimum absolute atomic E-state index is 0.0871. The highest BCUT2D eigenvalue weighted by atomic mass is 19.3. The summed E-state index contributed by atoms with van der Waals surface area (Å²) in [5, 5.41) is 13.2. The van der Waals surface area contributed by atoms with Gasteiger partial charge in [-0.25, -0.2) is 13.8 Å². The van der Waals surface area contributed by atoms with Crippen molar-refractivity contribution in [3.05, 3.63) is 59.2 Å². The first-order valence-corrected chi connectivity index (χ1v) is 11.0. The van der Waals surface area contributed by atoms with Crippen LogP contribution in [0.3, 0.4) is 0 Å².